The van der Waals surface area contributed by atoms with E-state index in [0.29, 0.717) is 11.5 Å². The van der Waals surface area contributed by atoms with Gasteiger partial charge in [-0.05, 0) is 48.8 Å². The van der Waals surface area contributed by atoms with Crippen LogP contribution in [0.1, 0.15) is 30.7 Å². The number of nitrogens with two attached hydrogens (primary N) is 1. The molecule has 0 bridgehead atoms. The van der Waals surface area contributed by atoms with E-state index in [0.717, 1.165) is 6.54 Å². The van der Waals surface area contributed by atoms with Gasteiger partial charge in [-0.1, -0.05) is 30.3 Å². The molecule has 0 radical (unpaired) electrons. The third-order valence-corrected chi connectivity index (χ3v) is 5.92. The Balaban J connectivity index is 1.71. The molecule has 0 saturated carbocycles. The molecule has 104 valence electrons. The van der Waals surface area contributed by atoms with Gasteiger partial charge in [0.1, 0.15) is 0 Å². The molecule has 1 unspecified atom stereocenters. The second kappa shape index (κ2) is 5.86. The van der Waals surface area contributed by atoms with Crippen LogP contribution < -0.4 is 5.73 Å². The molecule has 2 saturated heterocycles. The predicted octanol–water partition coefficient (Wildman–Crippen LogP) is 2.70. The summed E-state index contributed by atoms with van der Waals surface area (Å²) in [6.07, 6.45) is 3.84. The maximum Gasteiger partial charge on any atom is 0.0347 e. The Bertz CT molecular complexity index is 400. The Hall–Kier alpha value is -0.510. The Morgan fingerprint density at radius 2 is 1.95 bits per heavy atom. The number of hydrogen-bond donors (Lipinski definition) is 1. The average molecular weight is 276 g/mol. The van der Waals surface area contributed by atoms with E-state index in [1.165, 1.54) is 49.4 Å². The van der Waals surface area contributed by atoms with Crippen molar-refractivity contribution in [3.05, 3.63) is 35.9 Å². The van der Waals surface area contributed by atoms with Crippen LogP contribution in [0, 0.1) is 0 Å². The third-order valence-electron chi connectivity index (χ3n) is 4.93. The van der Waals surface area contributed by atoms with Crippen molar-refractivity contribution in [1.82, 2.24) is 4.90 Å². The summed E-state index contributed by atoms with van der Waals surface area (Å²) >= 11 is 2.09. The molecule has 2 heterocycles. The third kappa shape index (κ3) is 2.69. The van der Waals surface area contributed by atoms with Gasteiger partial charge in [0.25, 0.3) is 0 Å². The van der Waals surface area contributed by atoms with E-state index in [-0.39, 0.29) is 0 Å². The minimum absolute atomic E-state index is 0.300. The number of rotatable bonds is 3. The fourth-order valence-corrected chi connectivity index (χ4v) is 4.84. The lowest BCUT2D eigenvalue weighted by Crippen LogP contribution is -2.54. The molecule has 0 amide bonds. The summed E-state index contributed by atoms with van der Waals surface area (Å²) in [6, 6.07) is 11.0. The molecule has 2 aliphatic rings. The highest BCUT2D eigenvalue weighted by Crippen LogP contribution is 2.38. The van der Waals surface area contributed by atoms with Gasteiger partial charge >= 0.3 is 0 Å². The Morgan fingerprint density at radius 3 is 2.63 bits per heavy atom. The Morgan fingerprint density at radius 1 is 1.21 bits per heavy atom. The molecular formula is C16H24N2S. The molecule has 1 aromatic rings. The quantitative estimate of drug-likeness (QED) is 0.920. The second-order valence-corrected chi connectivity index (χ2v) is 7.11. The van der Waals surface area contributed by atoms with Crippen LogP contribution in [-0.2, 0) is 0 Å². The lowest BCUT2D eigenvalue weighted by molar-refractivity contribution is 0.112. The van der Waals surface area contributed by atoms with Crippen molar-refractivity contribution in [1.29, 1.82) is 0 Å². The van der Waals surface area contributed by atoms with Gasteiger partial charge < -0.3 is 5.73 Å². The van der Waals surface area contributed by atoms with Gasteiger partial charge in [0, 0.05) is 18.6 Å². The molecule has 1 aromatic carbocycles. The Labute approximate surface area is 120 Å². The van der Waals surface area contributed by atoms with Gasteiger partial charge in [-0.3, -0.25) is 4.90 Å². The highest BCUT2D eigenvalue weighted by Gasteiger charge is 2.40. The lowest BCUT2D eigenvalue weighted by atomic mass is 9.90. The first-order chi connectivity index (χ1) is 9.34. The number of hydrogen-bond acceptors (Lipinski definition) is 3. The van der Waals surface area contributed by atoms with E-state index in [1.54, 1.807) is 0 Å². The van der Waals surface area contributed by atoms with Gasteiger partial charge in [0.05, 0.1) is 0 Å². The molecule has 1 atom stereocenters. The molecular weight excluding hydrogens is 252 g/mol. The van der Waals surface area contributed by atoms with Crippen LogP contribution >= 0.6 is 11.8 Å². The van der Waals surface area contributed by atoms with Crippen LogP contribution in [0.4, 0.5) is 0 Å². The van der Waals surface area contributed by atoms with Gasteiger partial charge in [-0.15, -0.1) is 0 Å². The maximum atomic E-state index is 6.15. The van der Waals surface area contributed by atoms with Crippen LogP contribution in [0.3, 0.4) is 0 Å². The zero-order chi connectivity index (χ0) is 13.1. The van der Waals surface area contributed by atoms with Crippen molar-refractivity contribution in [2.45, 2.75) is 30.7 Å². The van der Waals surface area contributed by atoms with Crippen molar-refractivity contribution in [2.75, 3.05) is 31.1 Å². The minimum atomic E-state index is 0.300. The van der Waals surface area contributed by atoms with Crippen LogP contribution in [0.2, 0.25) is 0 Å². The van der Waals surface area contributed by atoms with Crippen LogP contribution in [-0.4, -0.2) is 41.6 Å². The molecule has 2 fully saturated rings. The highest BCUT2D eigenvalue weighted by atomic mass is 32.2. The zero-order valence-electron chi connectivity index (χ0n) is 11.6. The van der Waals surface area contributed by atoms with Crippen LogP contribution in [0.25, 0.3) is 0 Å². The summed E-state index contributed by atoms with van der Waals surface area (Å²) in [4.78, 5) is 2.70. The smallest absolute Gasteiger partial charge is 0.0347 e. The zero-order valence-corrected chi connectivity index (χ0v) is 12.4. The first kappa shape index (κ1) is 13.5. The fraction of sp³-hybridized carbons (Fsp3) is 0.625. The fourth-order valence-electron chi connectivity index (χ4n) is 3.59. The van der Waals surface area contributed by atoms with Crippen LogP contribution in [0.15, 0.2) is 30.3 Å². The molecule has 2 N–H and O–H groups in total. The summed E-state index contributed by atoms with van der Waals surface area (Å²) < 4.78 is 0. The topological polar surface area (TPSA) is 29.3 Å². The van der Waals surface area contributed by atoms with Crippen molar-refractivity contribution < 1.29 is 0 Å². The summed E-state index contributed by atoms with van der Waals surface area (Å²) in [5.74, 6) is 3.27. The molecule has 3 rings (SSSR count). The van der Waals surface area contributed by atoms with E-state index in [4.69, 9.17) is 5.73 Å². The molecule has 3 heteroatoms. The van der Waals surface area contributed by atoms with Gasteiger partial charge in [0.2, 0.25) is 0 Å². The van der Waals surface area contributed by atoms with Crippen LogP contribution in [0.5, 0.6) is 0 Å². The number of likely N-dealkylation sites (tertiary alicyclic amines) is 1. The second-order valence-electron chi connectivity index (χ2n) is 5.88. The number of benzene rings is 1. The van der Waals surface area contributed by atoms with Crippen molar-refractivity contribution in [3.8, 4) is 0 Å². The molecule has 0 aromatic heterocycles. The lowest BCUT2D eigenvalue weighted by Gasteiger charge is -2.44. The van der Waals surface area contributed by atoms with E-state index < -0.39 is 0 Å². The standard InChI is InChI=1S/C16H24N2S/c17-13-16(7-10-19-11-8-16)18-9-6-15(12-18)14-4-2-1-3-5-14/h1-5,15H,6-13,17H2. The van der Waals surface area contributed by atoms with Crippen molar-refractivity contribution >= 4 is 11.8 Å². The monoisotopic (exact) mass is 276 g/mol. The van der Waals surface area contributed by atoms with Gasteiger partial charge in [-0.25, -0.2) is 0 Å². The molecule has 2 aliphatic heterocycles. The van der Waals surface area contributed by atoms with Gasteiger partial charge in [0.15, 0.2) is 0 Å². The molecule has 0 aliphatic carbocycles. The first-order valence-corrected chi connectivity index (χ1v) is 8.57. The van der Waals surface area contributed by atoms with E-state index in [2.05, 4.69) is 47.0 Å². The minimum Gasteiger partial charge on any atom is -0.329 e. The summed E-state index contributed by atoms with van der Waals surface area (Å²) in [6.45, 7) is 3.25. The van der Waals surface area contributed by atoms with E-state index in [1.807, 2.05) is 0 Å². The molecule has 0 spiro atoms. The molecule has 2 nitrogen and oxygen atoms in total. The Kier molecular flexibility index (Phi) is 4.15. The van der Waals surface area contributed by atoms with Crippen molar-refractivity contribution in [3.63, 3.8) is 0 Å². The van der Waals surface area contributed by atoms with Gasteiger partial charge in [-0.2, -0.15) is 11.8 Å². The molecule has 19 heavy (non-hydrogen) atoms. The first-order valence-electron chi connectivity index (χ1n) is 7.42. The summed E-state index contributed by atoms with van der Waals surface area (Å²) in [7, 11) is 0. The van der Waals surface area contributed by atoms with E-state index in [9.17, 15) is 0 Å². The predicted molar refractivity (Wildman–Crippen MR) is 83.7 cm³/mol. The average Bonchev–Trinajstić information content (AvgIpc) is 2.99. The normalized spacial score (nSPS) is 27.5. The SMILES string of the molecule is NCC1(N2CCC(c3ccccc3)C2)CCSCC1. The summed E-state index contributed by atoms with van der Waals surface area (Å²) in [5, 5.41) is 0. The number of nitrogens with zero attached hydrogens (tertiary/aromatic N) is 1. The number of thioether (sulfide) groups is 1. The van der Waals surface area contributed by atoms with E-state index >= 15 is 0 Å². The maximum absolute atomic E-state index is 6.15. The largest absolute Gasteiger partial charge is 0.329 e. The van der Waals surface area contributed by atoms with Crippen molar-refractivity contribution in [2.24, 2.45) is 5.73 Å². The summed E-state index contributed by atoms with van der Waals surface area (Å²) in [5.41, 5.74) is 7.95. The highest BCUT2D eigenvalue weighted by molar-refractivity contribution is 7.99.